The van der Waals surface area contributed by atoms with Crippen molar-refractivity contribution in [1.82, 2.24) is 20.0 Å². The van der Waals surface area contributed by atoms with Crippen molar-refractivity contribution in [2.75, 3.05) is 72.7 Å². The largest absolute Gasteiger partial charge is 0.495 e. The first-order valence-corrected chi connectivity index (χ1v) is 26.1. The summed E-state index contributed by atoms with van der Waals surface area (Å²) in [5.41, 5.74) is -1.19. The van der Waals surface area contributed by atoms with Gasteiger partial charge in [0.05, 0.1) is 70.1 Å². The highest BCUT2D eigenvalue weighted by Gasteiger charge is 2.64. The molecule has 0 spiro atoms. The molecule has 9 atom stereocenters. The number of benzene rings is 1. The van der Waals surface area contributed by atoms with E-state index in [1.807, 2.05) is 26.8 Å². The number of halogens is 1. The Morgan fingerprint density at radius 2 is 1.65 bits per heavy atom. The molecule has 412 valence electrons. The van der Waals surface area contributed by atoms with Gasteiger partial charge in [0.25, 0.3) is 11.8 Å². The molecular formula is C52H70ClN5O16S. The Labute approximate surface area is 446 Å². The highest BCUT2D eigenvalue weighted by Crippen LogP contribution is 2.49. The predicted octanol–water partition coefficient (Wildman–Crippen LogP) is 3.89. The topological polar surface area (TPSA) is 250 Å². The van der Waals surface area contributed by atoms with E-state index in [2.05, 4.69) is 5.32 Å². The van der Waals surface area contributed by atoms with Gasteiger partial charge in [-0.3, -0.25) is 43.9 Å². The Kier molecular flexibility index (Phi) is 19.4. The quantitative estimate of drug-likeness (QED) is 0.0863. The third-order valence-electron chi connectivity index (χ3n) is 14.3. The first kappa shape index (κ1) is 58.9. The van der Waals surface area contributed by atoms with Crippen LogP contribution in [0.1, 0.15) is 79.2 Å². The first-order valence-electron chi connectivity index (χ1n) is 24.9. The summed E-state index contributed by atoms with van der Waals surface area (Å²) < 4.78 is 39.8. The van der Waals surface area contributed by atoms with Crippen molar-refractivity contribution in [3.63, 3.8) is 0 Å². The fourth-order valence-corrected chi connectivity index (χ4v) is 11.3. The fraction of sp³-hybridized carbons (Fsp3) is 0.615. The molecule has 5 heterocycles. The van der Waals surface area contributed by atoms with Crippen molar-refractivity contribution in [2.24, 2.45) is 5.92 Å². The zero-order chi connectivity index (χ0) is 55.2. The zero-order valence-corrected chi connectivity index (χ0v) is 45.8. The van der Waals surface area contributed by atoms with Gasteiger partial charge in [-0.15, -0.1) is 11.8 Å². The molecule has 6 rings (SSSR count). The summed E-state index contributed by atoms with van der Waals surface area (Å²) in [7, 11) is 5.89. The number of anilines is 1. The Morgan fingerprint density at radius 1 is 1.00 bits per heavy atom. The van der Waals surface area contributed by atoms with Crippen LogP contribution < -0.4 is 15.0 Å². The molecule has 2 N–H and O–H groups in total. The average Bonchev–Trinajstić information content (AvgIpc) is 3.86. The van der Waals surface area contributed by atoms with Crippen molar-refractivity contribution in [2.45, 2.75) is 132 Å². The molecule has 5 aliphatic heterocycles. The second kappa shape index (κ2) is 24.8. The molecule has 21 nitrogen and oxygen atoms in total. The number of nitrogens with one attached hydrogen (secondary N) is 1. The number of imide groups is 2. The van der Waals surface area contributed by atoms with E-state index >= 15 is 0 Å². The number of carbonyl (C=O) groups excluding carboxylic acids is 8. The normalized spacial score (nSPS) is 28.9. The molecule has 0 aromatic heterocycles. The first-order chi connectivity index (χ1) is 35.3. The number of ether oxygens (including phenoxy) is 7. The highest BCUT2D eigenvalue weighted by molar-refractivity contribution is 8.02. The van der Waals surface area contributed by atoms with Crippen molar-refractivity contribution >= 4 is 76.6 Å². The SMILES string of the molecule is COc1cc2cc(c1Cl)N(C)C(=O)C[C@H](OC(=O)[C@H](C)N(C)C(=O)CCC(C)(C)SC1CC(=O)N(CCOCCOCCN3C(=O)C=CC3=O)C1=O)[C@]1(C)O[C@H]1[C@H](C)[C@@H]1C[C@@](O)(NC(=O)O1)[C@H](OC)/C=C/C=C(\C)C2. The summed E-state index contributed by atoms with van der Waals surface area (Å²) in [6.07, 6.45) is 3.02. The van der Waals surface area contributed by atoms with Gasteiger partial charge in [0.2, 0.25) is 23.6 Å². The van der Waals surface area contributed by atoms with Crippen molar-refractivity contribution < 1.29 is 76.6 Å². The number of hydrogen-bond donors (Lipinski definition) is 2. The number of thioether (sulfide) groups is 1. The van der Waals surface area contributed by atoms with Gasteiger partial charge >= 0.3 is 12.1 Å². The van der Waals surface area contributed by atoms with E-state index in [4.69, 9.17) is 44.8 Å². The maximum atomic E-state index is 14.4. The minimum atomic E-state index is -1.88. The van der Waals surface area contributed by atoms with Crippen LogP contribution in [-0.2, 0) is 68.4 Å². The van der Waals surface area contributed by atoms with Gasteiger partial charge in [0.1, 0.15) is 40.7 Å². The number of epoxide rings is 1. The molecule has 1 unspecified atom stereocenters. The van der Waals surface area contributed by atoms with E-state index < -0.39 is 93.4 Å². The van der Waals surface area contributed by atoms with Gasteiger partial charge in [0, 0.05) is 63.3 Å². The monoisotopic (exact) mass is 1090 g/mol. The number of likely N-dealkylation sites (tertiary alicyclic amines) is 1. The molecule has 23 heteroatoms. The van der Waals surface area contributed by atoms with Gasteiger partial charge in [0.15, 0.2) is 5.72 Å². The van der Waals surface area contributed by atoms with Crippen molar-refractivity contribution in [1.29, 1.82) is 0 Å². The summed E-state index contributed by atoms with van der Waals surface area (Å²) in [5, 5.41) is 13.9. The van der Waals surface area contributed by atoms with Gasteiger partial charge in [-0.2, -0.15) is 0 Å². The van der Waals surface area contributed by atoms with Crippen LogP contribution in [0.25, 0.3) is 0 Å². The van der Waals surface area contributed by atoms with Crippen LogP contribution in [0.3, 0.4) is 0 Å². The molecular weight excluding hydrogens is 1020 g/mol. The molecule has 3 fully saturated rings. The van der Waals surface area contributed by atoms with Crippen LogP contribution in [-0.4, -0.2) is 187 Å². The third kappa shape index (κ3) is 14.2. The van der Waals surface area contributed by atoms with Crippen LogP contribution in [0, 0.1) is 5.92 Å². The van der Waals surface area contributed by atoms with E-state index in [-0.39, 0.29) is 88.5 Å². The number of amides is 7. The van der Waals surface area contributed by atoms with Crippen LogP contribution in [0.2, 0.25) is 5.02 Å². The van der Waals surface area contributed by atoms with E-state index in [1.54, 1.807) is 45.2 Å². The second-order valence-corrected chi connectivity index (χ2v) is 22.5. The highest BCUT2D eigenvalue weighted by atomic mass is 35.5. The Balaban J connectivity index is 1.08. The lowest BCUT2D eigenvalue weighted by Gasteiger charge is -2.42. The maximum Gasteiger partial charge on any atom is 0.409 e. The Hall–Kier alpha value is -5.36. The number of alkyl carbamates (subject to hydrolysis) is 1. The van der Waals surface area contributed by atoms with E-state index in [9.17, 15) is 43.5 Å². The third-order valence-corrected chi connectivity index (χ3v) is 16.2. The fourth-order valence-electron chi connectivity index (χ4n) is 9.51. The number of allylic oxidation sites excluding steroid dienone is 3. The van der Waals surface area contributed by atoms with Crippen LogP contribution in [0.5, 0.6) is 5.75 Å². The molecule has 1 aromatic carbocycles. The summed E-state index contributed by atoms with van der Waals surface area (Å²) >= 11 is 8.12. The van der Waals surface area contributed by atoms with E-state index in [0.29, 0.717) is 17.9 Å². The molecule has 1 aromatic rings. The minimum absolute atomic E-state index is 0.0146. The van der Waals surface area contributed by atoms with E-state index in [1.165, 1.54) is 61.9 Å². The summed E-state index contributed by atoms with van der Waals surface area (Å²) in [6, 6.07) is 2.40. The maximum absolute atomic E-state index is 14.4. The number of nitrogens with zero attached hydrogens (tertiary/aromatic N) is 4. The molecule has 5 aliphatic rings. The van der Waals surface area contributed by atoms with Crippen LogP contribution in [0.15, 0.2) is 48.1 Å². The molecule has 0 saturated carbocycles. The van der Waals surface area contributed by atoms with E-state index in [0.717, 1.165) is 20.9 Å². The average molecular weight is 1090 g/mol. The predicted molar refractivity (Wildman–Crippen MR) is 274 cm³/mol. The van der Waals surface area contributed by atoms with Gasteiger partial charge in [-0.05, 0) is 51.3 Å². The number of aliphatic hydroxyl groups is 1. The Bertz CT molecular complexity index is 2450. The second-order valence-electron chi connectivity index (χ2n) is 20.2. The summed E-state index contributed by atoms with van der Waals surface area (Å²) in [4.78, 5) is 110. The molecule has 0 radical (unpaired) electrons. The smallest absolute Gasteiger partial charge is 0.409 e. The van der Waals surface area contributed by atoms with Gasteiger partial charge < -0.3 is 48.1 Å². The van der Waals surface area contributed by atoms with Gasteiger partial charge in [-0.1, -0.05) is 56.2 Å². The van der Waals surface area contributed by atoms with Crippen molar-refractivity contribution in [3.05, 3.63) is 58.7 Å². The number of rotatable bonds is 19. The number of hydrogen-bond acceptors (Lipinski definition) is 17. The van der Waals surface area contributed by atoms with Crippen molar-refractivity contribution in [3.8, 4) is 5.75 Å². The number of esters is 1. The zero-order valence-electron chi connectivity index (χ0n) is 44.2. The number of fused-ring (bicyclic) bond motifs is 5. The van der Waals surface area contributed by atoms with Crippen LogP contribution >= 0.6 is 23.4 Å². The molecule has 7 amide bonds. The standard InChI is InChI=1S/C52H70ClN5O16S/c1-30-12-11-13-38(69-10)52(67)29-36(72-49(66)54-52)31(2)46-51(6,74-46)39(28-43(62)56(8)34-25-33(24-30)26-35(68-9)45(34)53)73-48(65)32(3)55(7)40(59)16-17-50(4,5)75-37-27-44(63)58(47(37)64)19-21-71-23-22-70-20-18-57-41(60)14-15-42(57)61/h11-15,25-26,31-32,36-39,46,67H,16-24,27-29H2,1-10H3,(H,54,66)/b13-11+,30-12+/t31-,32+,36+,37?,38-,39+,46+,51+,52+/m1/s1. The minimum Gasteiger partial charge on any atom is -0.495 e. The number of carbonyl (C=O) groups is 8. The number of likely N-dealkylation sites (N-methyl/N-ethyl adjacent to an activating group) is 1. The molecule has 4 bridgehead atoms. The van der Waals surface area contributed by atoms with Gasteiger partial charge in [-0.25, -0.2) is 9.59 Å². The Morgan fingerprint density at radius 3 is 2.29 bits per heavy atom. The lowest BCUT2D eigenvalue weighted by Crippen LogP contribution is -2.63. The molecule has 0 aliphatic carbocycles. The molecule has 3 saturated heterocycles. The lowest BCUT2D eigenvalue weighted by molar-refractivity contribution is -0.162. The summed E-state index contributed by atoms with van der Waals surface area (Å²) in [5.74, 6) is -3.45. The lowest BCUT2D eigenvalue weighted by atomic mass is 9.83. The molecule has 75 heavy (non-hydrogen) atoms. The summed E-state index contributed by atoms with van der Waals surface area (Å²) in [6.45, 7) is 11.3. The van der Waals surface area contributed by atoms with Crippen LogP contribution in [0.4, 0.5) is 10.5 Å². The number of methoxy groups -OCH3 is 2.